The highest BCUT2D eigenvalue weighted by Crippen LogP contribution is 2.21. The van der Waals surface area contributed by atoms with Gasteiger partial charge in [0, 0.05) is 9.74 Å². The van der Waals surface area contributed by atoms with Gasteiger partial charge in [-0.1, -0.05) is 18.3 Å². The van der Waals surface area contributed by atoms with Crippen molar-refractivity contribution >= 4 is 34.2 Å². The fourth-order valence-corrected chi connectivity index (χ4v) is 1.78. The Balaban J connectivity index is 2.63. The van der Waals surface area contributed by atoms with Crippen LogP contribution >= 0.6 is 23.6 Å². The van der Waals surface area contributed by atoms with Crippen molar-refractivity contribution in [2.75, 3.05) is 0 Å². The van der Waals surface area contributed by atoms with Crippen LogP contribution in [0.25, 0.3) is 0 Å². The van der Waals surface area contributed by atoms with Crippen molar-refractivity contribution in [1.29, 1.82) is 0 Å². The third-order valence-corrected chi connectivity index (χ3v) is 2.86. The molecule has 0 bridgehead atoms. The number of Topliss-reactive ketones (excluding diaryl/α,β-unsaturated/α-hetero) is 1. The van der Waals surface area contributed by atoms with E-state index in [9.17, 15) is 18.0 Å². The molecule has 0 spiro atoms. The van der Waals surface area contributed by atoms with E-state index < -0.39 is 18.4 Å². The molecule has 1 nitrogen and oxygen atoms in total. The molecule has 0 saturated carbocycles. The molecule has 0 aliphatic rings. The summed E-state index contributed by atoms with van der Waals surface area (Å²) >= 11 is 5.93. The lowest BCUT2D eigenvalue weighted by atomic mass is 10.2. The third kappa shape index (κ3) is 2.88. The number of carbonyl (C=O) groups is 1. The van der Waals surface area contributed by atoms with Gasteiger partial charge in [-0.15, -0.1) is 11.3 Å². The number of carbonyl (C=O) groups excluding carboxylic acids is 1. The number of ketones is 1. The normalized spacial score (nSPS) is 11.4. The summed E-state index contributed by atoms with van der Waals surface area (Å²) in [4.78, 5) is 11.1. The topological polar surface area (TPSA) is 17.1 Å². The van der Waals surface area contributed by atoms with Gasteiger partial charge in [-0.05, 0) is 11.4 Å². The van der Waals surface area contributed by atoms with Crippen LogP contribution in [0.4, 0.5) is 13.2 Å². The van der Waals surface area contributed by atoms with Crippen LogP contribution in [0, 0.1) is 0 Å². The van der Waals surface area contributed by atoms with Crippen molar-refractivity contribution in [3.05, 3.63) is 22.4 Å². The molecule has 6 heteroatoms. The quantitative estimate of drug-likeness (QED) is 0.595. The second-order valence-corrected chi connectivity index (χ2v) is 3.94. The lowest BCUT2D eigenvalue weighted by Crippen LogP contribution is -2.24. The van der Waals surface area contributed by atoms with Crippen molar-refractivity contribution < 1.29 is 18.0 Å². The fourth-order valence-electron chi connectivity index (χ4n) is 0.770. The molecule has 0 aliphatic heterocycles. The molecule has 1 aromatic heterocycles. The van der Waals surface area contributed by atoms with Crippen LogP contribution in [0.1, 0.15) is 11.3 Å². The van der Waals surface area contributed by atoms with Crippen LogP contribution in [0.3, 0.4) is 0 Å². The van der Waals surface area contributed by atoms with E-state index in [-0.39, 0.29) is 4.86 Å². The zero-order chi connectivity index (χ0) is 10.8. The van der Waals surface area contributed by atoms with E-state index in [0.29, 0.717) is 4.88 Å². The molecule has 1 aromatic rings. The average molecular weight is 238 g/mol. The van der Waals surface area contributed by atoms with Gasteiger partial charge in [-0.2, -0.15) is 13.2 Å². The Bertz CT molecular complexity index is 340. The van der Waals surface area contributed by atoms with Crippen LogP contribution in [0.5, 0.6) is 0 Å². The first-order chi connectivity index (χ1) is 6.41. The minimum absolute atomic E-state index is 0.0438. The van der Waals surface area contributed by atoms with Crippen molar-refractivity contribution in [3.8, 4) is 0 Å². The maximum Gasteiger partial charge on any atom is 0.450 e. The van der Waals surface area contributed by atoms with Crippen LogP contribution in [0.2, 0.25) is 0 Å². The van der Waals surface area contributed by atoms with Crippen molar-refractivity contribution in [2.24, 2.45) is 0 Å². The van der Waals surface area contributed by atoms with Gasteiger partial charge in [0.15, 0.2) is 0 Å². The monoisotopic (exact) mass is 238 g/mol. The Hall–Kier alpha value is -0.750. The summed E-state index contributed by atoms with van der Waals surface area (Å²) in [6.07, 6.45) is -5.53. The van der Waals surface area contributed by atoms with Crippen molar-refractivity contribution in [1.82, 2.24) is 0 Å². The summed E-state index contributed by atoms with van der Waals surface area (Å²) in [5.74, 6) is -1.80. The second kappa shape index (κ2) is 4.18. The number of alkyl halides is 3. The lowest BCUT2D eigenvalue weighted by molar-refractivity contribution is -0.169. The van der Waals surface area contributed by atoms with E-state index in [4.69, 9.17) is 12.2 Å². The third-order valence-electron chi connectivity index (χ3n) is 1.43. The predicted molar refractivity (Wildman–Crippen MR) is 51.7 cm³/mol. The van der Waals surface area contributed by atoms with Crippen molar-refractivity contribution in [3.63, 3.8) is 0 Å². The lowest BCUT2D eigenvalue weighted by Gasteiger charge is -2.04. The van der Waals surface area contributed by atoms with E-state index in [0.717, 1.165) is 0 Å². The molecule has 14 heavy (non-hydrogen) atoms. The van der Waals surface area contributed by atoms with Gasteiger partial charge in [0.2, 0.25) is 5.78 Å². The molecule has 1 heterocycles. The highest BCUT2D eigenvalue weighted by atomic mass is 32.1. The Labute approximate surface area is 87.5 Å². The smallest absolute Gasteiger partial charge is 0.289 e. The van der Waals surface area contributed by atoms with Crippen LogP contribution in [0.15, 0.2) is 17.5 Å². The Morgan fingerprint density at radius 1 is 1.50 bits per heavy atom. The summed E-state index contributed by atoms with van der Waals surface area (Å²) in [5, 5.41) is 1.69. The van der Waals surface area contributed by atoms with Gasteiger partial charge >= 0.3 is 6.18 Å². The fraction of sp³-hybridized carbons (Fsp3) is 0.250. The van der Waals surface area contributed by atoms with Crippen LogP contribution in [-0.2, 0) is 4.79 Å². The highest BCUT2D eigenvalue weighted by molar-refractivity contribution is 7.81. The predicted octanol–water partition coefficient (Wildman–Crippen LogP) is 2.99. The van der Waals surface area contributed by atoms with Gasteiger partial charge < -0.3 is 0 Å². The molecule has 0 aliphatic carbocycles. The number of rotatable bonds is 3. The molecule has 0 radical (unpaired) electrons. The van der Waals surface area contributed by atoms with E-state index in [1.54, 1.807) is 17.5 Å². The summed E-state index contributed by atoms with van der Waals surface area (Å²) in [5.41, 5.74) is 0. The van der Waals surface area contributed by atoms with Gasteiger partial charge in [0.1, 0.15) is 0 Å². The number of thiophene rings is 1. The molecular weight excluding hydrogens is 233 g/mol. The summed E-state index contributed by atoms with van der Waals surface area (Å²) in [6.45, 7) is 0. The van der Waals surface area contributed by atoms with Gasteiger partial charge in [-0.25, -0.2) is 0 Å². The number of hydrogen-bond acceptors (Lipinski definition) is 3. The number of halogens is 3. The Kier molecular flexibility index (Phi) is 3.38. The first-order valence-electron chi connectivity index (χ1n) is 3.58. The molecular formula is C8H5F3OS2. The Morgan fingerprint density at radius 3 is 2.57 bits per heavy atom. The average Bonchev–Trinajstić information content (AvgIpc) is 2.53. The molecule has 0 saturated heterocycles. The largest absolute Gasteiger partial charge is 0.450 e. The Morgan fingerprint density at radius 2 is 2.14 bits per heavy atom. The zero-order valence-electron chi connectivity index (χ0n) is 6.80. The first kappa shape index (κ1) is 11.3. The van der Waals surface area contributed by atoms with E-state index in [1.807, 2.05) is 0 Å². The molecule has 0 amide bonds. The molecule has 0 aromatic carbocycles. The molecule has 0 N–H and O–H groups in total. The van der Waals surface area contributed by atoms with E-state index in [1.165, 1.54) is 11.3 Å². The maximum absolute atomic E-state index is 11.8. The maximum atomic E-state index is 11.8. The zero-order valence-corrected chi connectivity index (χ0v) is 8.43. The standard InChI is InChI=1S/C8H5F3OS2/c9-8(10,11)7(12)4-5(13)6-2-1-3-14-6/h1-3H,4H2. The minimum Gasteiger partial charge on any atom is -0.289 e. The molecule has 0 unspecified atom stereocenters. The van der Waals surface area contributed by atoms with Crippen LogP contribution < -0.4 is 0 Å². The summed E-state index contributed by atoms with van der Waals surface area (Å²) < 4.78 is 35.5. The first-order valence-corrected chi connectivity index (χ1v) is 4.87. The molecule has 1 rings (SSSR count). The molecule has 76 valence electrons. The number of thiocarbonyl (C=S) groups is 1. The van der Waals surface area contributed by atoms with E-state index >= 15 is 0 Å². The minimum atomic E-state index is -4.79. The summed E-state index contributed by atoms with van der Waals surface area (Å²) in [7, 11) is 0. The van der Waals surface area contributed by atoms with Gasteiger partial charge in [0.05, 0.1) is 6.42 Å². The molecule has 0 fully saturated rings. The number of hydrogen-bond donors (Lipinski definition) is 0. The van der Waals surface area contributed by atoms with Gasteiger partial charge in [-0.3, -0.25) is 4.79 Å². The van der Waals surface area contributed by atoms with E-state index in [2.05, 4.69) is 0 Å². The van der Waals surface area contributed by atoms with Crippen molar-refractivity contribution in [2.45, 2.75) is 12.6 Å². The highest BCUT2D eigenvalue weighted by Gasteiger charge is 2.38. The van der Waals surface area contributed by atoms with Gasteiger partial charge in [0.25, 0.3) is 0 Å². The SMILES string of the molecule is O=C(CC(=S)c1cccs1)C(F)(F)F. The van der Waals surface area contributed by atoms with Crippen LogP contribution in [-0.4, -0.2) is 16.8 Å². The summed E-state index contributed by atoms with van der Waals surface area (Å²) in [6, 6.07) is 3.26. The second-order valence-electron chi connectivity index (χ2n) is 2.50. The molecule has 0 atom stereocenters.